The van der Waals surface area contributed by atoms with Crippen molar-refractivity contribution in [3.63, 3.8) is 0 Å². The average molecular weight is 552 g/mol. The first kappa shape index (κ1) is 26.6. The van der Waals surface area contributed by atoms with Crippen LogP contribution in [0.4, 0.5) is 5.82 Å². The molecule has 2 aromatic carbocycles. The first-order valence-corrected chi connectivity index (χ1v) is 13.7. The number of aryl methyl sites for hydroxylation is 1. The summed E-state index contributed by atoms with van der Waals surface area (Å²) in [5, 5.41) is 11.7. The van der Waals surface area contributed by atoms with Crippen LogP contribution in [0.25, 0.3) is 31.9 Å². The Labute approximate surface area is 231 Å². The molecular weight excluding hydrogens is 522 g/mol. The number of anilines is 1. The third-order valence-corrected chi connectivity index (χ3v) is 7.74. The van der Waals surface area contributed by atoms with E-state index in [-0.39, 0.29) is 0 Å². The number of carboxylic acids is 1. The minimum Gasteiger partial charge on any atom is -0.479 e. The number of morpholine rings is 1. The number of fused-ring (bicyclic) bond motifs is 1. The van der Waals surface area contributed by atoms with E-state index in [0.717, 1.165) is 56.4 Å². The van der Waals surface area contributed by atoms with Crippen LogP contribution < -0.4 is 4.90 Å². The van der Waals surface area contributed by atoms with Gasteiger partial charge in [0, 0.05) is 41.0 Å². The Hall–Kier alpha value is -3.04. The van der Waals surface area contributed by atoms with Gasteiger partial charge in [0.1, 0.15) is 10.8 Å². The minimum absolute atomic E-state index is 0.609. The summed E-state index contributed by atoms with van der Waals surface area (Å²) in [6.45, 7) is 10.4. The highest BCUT2D eigenvalue weighted by Gasteiger charge is 2.32. The highest BCUT2D eigenvalue weighted by molar-refractivity contribution is 7.22. The molecule has 0 unspecified atom stereocenters. The first-order valence-electron chi connectivity index (χ1n) is 12.5. The number of nitrogens with zero attached hydrogens (tertiary/aromatic N) is 3. The molecule has 9 heteroatoms. The normalized spacial score (nSPS) is 15.1. The number of aromatic nitrogens is 2. The second-order valence-corrected chi connectivity index (χ2v) is 11.7. The molecule has 1 N–H and O–H groups in total. The van der Waals surface area contributed by atoms with Gasteiger partial charge < -0.3 is 19.5 Å². The van der Waals surface area contributed by atoms with E-state index in [4.69, 9.17) is 26.1 Å². The van der Waals surface area contributed by atoms with Gasteiger partial charge in [-0.05, 0) is 69.2 Å². The number of carboxylic acid groups (broad SMARTS) is 1. The molecule has 7 nitrogen and oxygen atoms in total. The Morgan fingerprint density at radius 1 is 1.13 bits per heavy atom. The summed E-state index contributed by atoms with van der Waals surface area (Å²) in [4.78, 5) is 24.3. The number of aliphatic carboxylic acids is 1. The van der Waals surface area contributed by atoms with E-state index >= 15 is 0 Å². The van der Waals surface area contributed by atoms with Crippen molar-refractivity contribution in [1.82, 2.24) is 9.97 Å². The molecule has 198 valence electrons. The molecule has 1 fully saturated rings. The zero-order valence-electron chi connectivity index (χ0n) is 21.8. The summed E-state index contributed by atoms with van der Waals surface area (Å²) in [6, 6.07) is 13.4. The van der Waals surface area contributed by atoms with E-state index in [0.29, 0.717) is 23.8 Å². The van der Waals surface area contributed by atoms with Crippen molar-refractivity contribution in [3.05, 3.63) is 64.8 Å². The van der Waals surface area contributed by atoms with E-state index in [9.17, 15) is 9.90 Å². The summed E-state index contributed by atoms with van der Waals surface area (Å²) in [5.74, 6) is -0.143. The summed E-state index contributed by atoms with van der Waals surface area (Å²) < 4.78 is 12.5. The summed E-state index contributed by atoms with van der Waals surface area (Å²) in [7, 11) is 0. The van der Waals surface area contributed by atoms with Crippen LogP contribution in [0.3, 0.4) is 0 Å². The fourth-order valence-corrected chi connectivity index (χ4v) is 5.93. The molecule has 0 amide bonds. The van der Waals surface area contributed by atoms with Crippen LogP contribution in [0.2, 0.25) is 5.02 Å². The molecule has 0 radical (unpaired) electrons. The Balaban J connectivity index is 1.70. The van der Waals surface area contributed by atoms with Crippen LogP contribution in [0.5, 0.6) is 0 Å². The maximum atomic E-state index is 12.5. The molecule has 1 saturated heterocycles. The molecule has 0 spiro atoms. The Morgan fingerprint density at radius 2 is 1.84 bits per heavy atom. The van der Waals surface area contributed by atoms with E-state index in [1.807, 2.05) is 64.1 Å². The number of rotatable bonds is 6. The molecule has 3 heterocycles. The van der Waals surface area contributed by atoms with Crippen molar-refractivity contribution in [2.75, 3.05) is 31.2 Å². The van der Waals surface area contributed by atoms with Crippen LogP contribution in [0, 0.1) is 6.92 Å². The van der Waals surface area contributed by atoms with Gasteiger partial charge in [-0.25, -0.2) is 14.8 Å². The maximum absolute atomic E-state index is 12.5. The Kier molecular flexibility index (Phi) is 7.42. The zero-order chi connectivity index (χ0) is 27.0. The Bertz CT molecular complexity index is 1470. The quantitative estimate of drug-likeness (QED) is 0.283. The number of thiazole rings is 1. The Morgan fingerprint density at radius 3 is 2.50 bits per heavy atom. The second-order valence-electron chi connectivity index (χ2n) is 10.3. The third kappa shape index (κ3) is 5.54. The number of benzene rings is 2. The van der Waals surface area contributed by atoms with Crippen molar-refractivity contribution >= 4 is 44.9 Å². The highest BCUT2D eigenvalue weighted by Crippen LogP contribution is 2.44. The molecular formula is C29H30ClN3O4S. The van der Waals surface area contributed by atoms with Crippen LogP contribution >= 0.6 is 22.9 Å². The molecule has 5 rings (SSSR count). The van der Waals surface area contributed by atoms with Crippen molar-refractivity contribution in [3.8, 4) is 21.7 Å². The molecule has 0 aliphatic carbocycles. The van der Waals surface area contributed by atoms with Gasteiger partial charge in [0.15, 0.2) is 6.10 Å². The molecule has 1 aliphatic rings. The predicted octanol–water partition coefficient (Wildman–Crippen LogP) is 6.76. The number of ether oxygens (including phenoxy) is 2. The zero-order valence-corrected chi connectivity index (χ0v) is 23.4. The van der Waals surface area contributed by atoms with Crippen LogP contribution in [-0.4, -0.2) is 52.9 Å². The average Bonchev–Trinajstić information content (AvgIpc) is 3.31. The largest absolute Gasteiger partial charge is 0.479 e. The lowest BCUT2D eigenvalue weighted by Gasteiger charge is -2.28. The number of halogens is 1. The summed E-state index contributed by atoms with van der Waals surface area (Å²) in [5.41, 5.74) is 4.21. The molecule has 0 bridgehead atoms. The lowest BCUT2D eigenvalue weighted by molar-refractivity contribution is -0.160. The van der Waals surface area contributed by atoms with Gasteiger partial charge in [-0.1, -0.05) is 23.7 Å². The van der Waals surface area contributed by atoms with Crippen molar-refractivity contribution in [2.24, 2.45) is 0 Å². The number of hydrogen-bond donors (Lipinski definition) is 1. The maximum Gasteiger partial charge on any atom is 0.337 e. The van der Waals surface area contributed by atoms with Crippen LogP contribution in [0.1, 0.15) is 38.0 Å². The SMILES string of the molecule is Cc1cc2nc(-c3ccnc(N4CCOCC4)c3)sc2c(-c2ccc(Cl)cc2)c1[C@H](OC(C)(C)C)C(=O)O. The van der Waals surface area contributed by atoms with Crippen molar-refractivity contribution in [1.29, 1.82) is 0 Å². The molecule has 0 saturated carbocycles. The van der Waals surface area contributed by atoms with E-state index in [1.54, 1.807) is 6.20 Å². The fraction of sp³-hybridized carbons (Fsp3) is 0.345. The smallest absolute Gasteiger partial charge is 0.337 e. The van der Waals surface area contributed by atoms with Crippen LogP contribution in [0.15, 0.2) is 48.7 Å². The van der Waals surface area contributed by atoms with Gasteiger partial charge in [-0.2, -0.15) is 0 Å². The molecule has 38 heavy (non-hydrogen) atoms. The van der Waals surface area contributed by atoms with E-state index in [1.165, 1.54) is 11.3 Å². The van der Waals surface area contributed by atoms with Gasteiger partial charge in [-0.15, -0.1) is 11.3 Å². The van der Waals surface area contributed by atoms with Gasteiger partial charge >= 0.3 is 5.97 Å². The molecule has 2 aromatic heterocycles. The number of hydrogen-bond acceptors (Lipinski definition) is 7. The number of pyridine rings is 1. The van der Waals surface area contributed by atoms with Gasteiger partial charge in [0.05, 0.1) is 29.0 Å². The van der Waals surface area contributed by atoms with Crippen molar-refractivity contribution in [2.45, 2.75) is 39.4 Å². The van der Waals surface area contributed by atoms with E-state index < -0.39 is 17.7 Å². The fourth-order valence-electron chi connectivity index (χ4n) is 4.68. The first-order chi connectivity index (χ1) is 18.1. The second kappa shape index (κ2) is 10.6. The van der Waals surface area contributed by atoms with Gasteiger partial charge in [0.2, 0.25) is 0 Å². The summed E-state index contributed by atoms with van der Waals surface area (Å²) in [6.07, 6.45) is 0.658. The monoisotopic (exact) mass is 551 g/mol. The standard InChI is InChI=1S/C29H30ClN3O4S/c1-17-15-21-26(38-27(32-21)19-9-10-31-22(16-19)33-11-13-36-14-12-33)24(18-5-7-20(30)8-6-18)23(17)25(28(34)35)37-29(2,3)4/h5-10,15-16,25H,11-14H2,1-4H3,(H,34,35)/t25-/m0/s1. The van der Waals surface area contributed by atoms with Gasteiger partial charge in [-0.3, -0.25) is 0 Å². The predicted molar refractivity (Wildman–Crippen MR) is 152 cm³/mol. The number of carbonyl (C=O) groups is 1. The molecule has 1 aliphatic heterocycles. The van der Waals surface area contributed by atoms with Gasteiger partial charge in [0.25, 0.3) is 0 Å². The minimum atomic E-state index is -1.15. The molecule has 1 atom stereocenters. The highest BCUT2D eigenvalue weighted by atomic mass is 35.5. The van der Waals surface area contributed by atoms with Crippen molar-refractivity contribution < 1.29 is 19.4 Å². The van der Waals surface area contributed by atoms with E-state index in [2.05, 4.69) is 16.0 Å². The lowest BCUT2D eigenvalue weighted by atomic mass is 9.91. The lowest BCUT2D eigenvalue weighted by Crippen LogP contribution is -2.36. The topological polar surface area (TPSA) is 84.8 Å². The summed E-state index contributed by atoms with van der Waals surface area (Å²) >= 11 is 7.74. The third-order valence-electron chi connectivity index (χ3n) is 6.35. The van der Waals surface area contributed by atoms with Crippen LogP contribution in [-0.2, 0) is 14.3 Å². The molecule has 4 aromatic rings.